The molecule has 4 rings (SSSR count). The Bertz CT molecular complexity index is 905. The average molecular weight is 334 g/mol. The molecule has 1 amide bonds. The van der Waals surface area contributed by atoms with Gasteiger partial charge in [0.1, 0.15) is 12.4 Å². The molecule has 1 aliphatic rings. The van der Waals surface area contributed by atoms with Gasteiger partial charge in [-0.2, -0.15) is 5.10 Å². The summed E-state index contributed by atoms with van der Waals surface area (Å²) in [4.78, 5) is 16.3. The predicted molar refractivity (Wildman–Crippen MR) is 93.4 cm³/mol. The third-order valence-corrected chi connectivity index (χ3v) is 4.36. The topological polar surface area (TPSA) is 79.9 Å². The maximum absolute atomic E-state index is 12.0. The molecule has 6 heteroatoms. The van der Waals surface area contributed by atoms with Crippen molar-refractivity contribution in [2.45, 2.75) is 25.9 Å². The zero-order valence-electron chi connectivity index (χ0n) is 13.8. The Balaban J connectivity index is 1.59. The molecule has 25 heavy (non-hydrogen) atoms. The molecule has 0 fully saturated rings. The SMILES string of the molecule is Cc1[nH]nc2c1C(c1cccc(OCc3ccccn3)c1)CC(=O)N2. The molecule has 2 aromatic heterocycles. The van der Waals surface area contributed by atoms with E-state index in [2.05, 4.69) is 20.5 Å². The van der Waals surface area contributed by atoms with Crippen LogP contribution in [0, 0.1) is 6.92 Å². The van der Waals surface area contributed by atoms with Gasteiger partial charge in [0.05, 0.1) is 5.69 Å². The van der Waals surface area contributed by atoms with E-state index in [0.717, 1.165) is 28.3 Å². The molecule has 0 radical (unpaired) electrons. The van der Waals surface area contributed by atoms with Crippen LogP contribution in [0.4, 0.5) is 5.82 Å². The van der Waals surface area contributed by atoms with Gasteiger partial charge in [0, 0.05) is 29.8 Å². The van der Waals surface area contributed by atoms with E-state index in [1.165, 1.54) is 0 Å². The highest BCUT2D eigenvalue weighted by atomic mass is 16.5. The van der Waals surface area contributed by atoms with Crippen molar-refractivity contribution in [3.63, 3.8) is 0 Å². The third kappa shape index (κ3) is 3.10. The van der Waals surface area contributed by atoms with Crippen LogP contribution in [-0.2, 0) is 11.4 Å². The summed E-state index contributed by atoms with van der Waals surface area (Å²) in [5.74, 6) is 1.33. The van der Waals surface area contributed by atoms with Crippen LogP contribution in [0.2, 0.25) is 0 Å². The van der Waals surface area contributed by atoms with E-state index in [9.17, 15) is 4.79 Å². The Hall–Kier alpha value is -3.15. The van der Waals surface area contributed by atoms with Crippen molar-refractivity contribution in [1.82, 2.24) is 15.2 Å². The number of nitrogens with one attached hydrogen (secondary N) is 2. The fourth-order valence-corrected chi connectivity index (χ4v) is 3.18. The molecule has 1 atom stereocenters. The molecule has 1 aromatic carbocycles. The van der Waals surface area contributed by atoms with Gasteiger partial charge in [-0.05, 0) is 36.8 Å². The van der Waals surface area contributed by atoms with Gasteiger partial charge in [-0.25, -0.2) is 0 Å². The number of pyridine rings is 1. The monoisotopic (exact) mass is 334 g/mol. The Morgan fingerprint density at radius 1 is 1.24 bits per heavy atom. The summed E-state index contributed by atoms with van der Waals surface area (Å²) in [6.45, 7) is 2.38. The van der Waals surface area contributed by atoms with Gasteiger partial charge in [0.25, 0.3) is 0 Å². The quantitative estimate of drug-likeness (QED) is 0.768. The molecule has 1 unspecified atom stereocenters. The number of H-pyrrole nitrogens is 1. The fourth-order valence-electron chi connectivity index (χ4n) is 3.18. The molecule has 2 N–H and O–H groups in total. The fraction of sp³-hybridized carbons (Fsp3) is 0.211. The number of benzene rings is 1. The molecule has 6 nitrogen and oxygen atoms in total. The average Bonchev–Trinajstić information content (AvgIpc) is 3.01. The second kappa shape index (κ2) is 6.39. The second-order valence-corrected chi connectivity index (χ2v) is 6.10. The minimum absolute atomic E-state index is 0.0243. The number of anilines is 1. The van der Waals surface area contributed by atoms with Crippen molar-refractivity contribution in [3.8, 4) is 5.75 Å². The van der Waals surface area contributed by atoms with Gasteiger partial charge in [-0.1, -0.05) is 18.2 Å². The summed E-state index contributed by atoms with van der Waals surface area (Å²) >= 11 is 0. The normalized spacial score (nSPS) is 16.2. The van der Waals surface area contributed by atoms with Crippen LogP contribution in [0.3, 0.4) is 0 Å². The van der Waals surface area contributed by atoms with E-state index in [-0.39, 0.29) is 11.8 Å². The van der Waals surface area contributed by atoms with Gasteiger partial charge in [-0.15, -0.1) is 0 Å². The number of hydrogen-bond acceptors (Lipinski definition) is 4. The molecule has 126 valence electrons. The van der Waals surface area contributed by atoms with Crippen LogP contribution in [0.25, 0.3) is 0 Å². The van der Waals surface area contributed by atoms with Crippen LogP contribution in [0.1, 0.15) is 34.9 Å². The first-order valence-corrected chi connectivity index (χ1v) is 8.18. The molecule has 3 aromatic rings. The Morgan fingerprint density at radius 2 is 2.16 bits per heavy atom. The van der Waals surface area contributed by atoms with E-state index < -0.39 is 0 Å². The number of hydrogen-bond donors (Lipinski definition) is 2. The van der Waals surface area contributed by atoms with E-state index in [4.69, 9.17) is 4.74 Å². The Labute approximate surface area is 145 Å². The molecule has 3 heterocycles. The molecular weight excluding hydrogens is 316 g/mol. The number of aromatic amines is 1. The molecule has 0 saturated carbocycles. The molecule has 0 aliphatic carbocycles. The number of carbonyl (C=O) groups excluding carboxylic acids is 1. The van der Waals surface area contributed by atoms with E-state index in [0.29, 0.717) is 18.8 Å². The first kappa shape index (κ1) is 15.4. The molecular formula is C19H18N4O2. The summed E-state index contributed by atoms with van der Waals surface area (Å²) in [5.41, 5.74) is 3.93. The van der Waals surface area contributed by atoms with Crippen molar-refractivity contribution < 1.29 is 9.53 Å². The van der Waals surface area contributed by atoms with Crippen LogP contribution < -0.4 is 10.1 Å². The predicted octanol–water partition coefficient (Wildman–Crippen LogP) is 3.17. The number of ether oxygens (including phenoxy) is 1. The maximum atomic E-state index is 12.0. The Morgan fingerprint density at radius 3 is 3.00 bits per heavy atom. The number of aryl methyl sites for hydroxylation is 1. The molecule has 0 spiro atoms. The Kier molecular flexibility index (Phi) is 3.93. The highest BCUT2D eigenvalue weighted by Crippen LogP contribution is 2.38. The first-order valence-electron chi connectivity index (χ1n) is 8.18. The lowest BCUT2D eigenvalue weighted by Gasteiger charge is -2.23. The van der Waals surface area contributed by atoms with Crippen LogP contribution in [0.15, 0.2) is 48.7 Å². The van der Waals surface area contributed by atoms with Gasteiger partial charge >= 0.3 is 0 Å². The molecule has 1 aliphatic heterocycles. The van der Waals surface area contributed by atoms with Gasteiger partial charge in [-0.3, -0.25) is 14.9 Å². The second-order valence-electron chi connectivity index (χ2n) is 6.10. The highest BCUT2D eigenvalue weighted by Gasteiger charge is 2.30. The number of amides is 1. The van der Waals surface area contributed by atoms with Gasteiger partial charge in [0.2, 0.25) is 5.91 Å². The van der Waals surface area contributed by atoms with Crippen LogP contribution >= 0.6 is 0 Å². The van der Waals surface area contributed by atoms with Crippen LogP contribution in [0.5, 0.6) is 5.75 Å². The number of carbonyl (C=O) groups is 1. The molecule has 0 saturated heterocycles. The van der Waals surface area contributed by atoms with Crippen LogP contribution in [-0.4, -0.2) is 21.1 Å². The number of fused-ring (bicyclic) bond motifs is 1. The van der Waals surface area contributed by atoms with E-state index >= 15 is 0 Å². The zero-order chi connectivity index (χ0) is 17.2. The maximum Gasteiger partial charge on any atom is 0.226 e. The number of rotatable bonds is 4. The smallest absolute Gasteiger partial charge is 0.226 e. The summed E-state index contributed by atoms with van der Waals surface area (Å²) < 4.78 is 5.86. The lowest BCUT2D eigenvalue weighted by atomic mass is 9.86. The summed E-state index contributed by atoms with van der Waals surface area (Å²) in [7, 11) is 0. The van der Waals surface area contributed by atoms with Crippen molar-refractivity contribution in [1.29, 1.82) is 0 Å². The van der Waals surface area contributed by atoms with E-state index in [1.807, 2.05) is 49.4 Å². The summed E-state index contributed by atoms with van der Waals surface area (Å²) in [6.07, 6.45) is 2.15. The minimum atomic E-state index is -0.0269. The van der Waals surface area contributed by atoms with E-state index in [1.54, 1.807) is 6.20 Å². The summed E-state index contributed by atoms with van der Waals surface area (Å²) in [5, 5.41) is 9.96. The van der Waals surface area contributed by atoms with Crippen molar-refractivity contribution in [3.05, 3.63) is 71.2 Å². The lowest BCUT2D eigenvalue weighted by molar-refractivity contribution is -0.116. The number of nitrogens with zero attached hydrogens (tertiary/aromatic N) is 2. The third-order valence-electron chi connectivity index (χ3n) is 4.36. The summed E-state index contributed by atoms with van der Waals surface area (Å²) in [6, 6.07) is 13.6. The molecule has 0 bridgehead atoms. The number of aromatic nitrogens is 3. The minimum Gasteiger partial charge on any atom is -0.487 e. The van der Waals surface area contributed by atoms with Crippen molar-refractivity contribution >= 4 is 11.7 Å². The van der Waals surface area contributed by atoms with Gasteiger partial charge in [0.15, 0.2) is 5.82 Å². The highest BCUT2D eigenvalue weighted by molar-refractivity contribution is 5.94. The van der Waals surface area contributed by atoms with Crippen molar-refractivity contribution in [2.24, 2.45) is 0 Å². The lowest BCUT2D eigenvalue weighted by Crippen LogP contribution is -2.23. The largest absolute Gasteiger partial charge is 0.487 e. The van der Waals surface area contributed by atoms with Crippen molar-refractivity contribution in [2.75, 3.05) is 5.32 Å². The first-order chi connectivity index (χ1) is 12.2. The van der Waals surface area contributed by atoms with Gasteiger partial charge < -0.3 is 10.1 Å². The zero-order valence-corrected chi connectivity index (χ0v) is 13.8. The standard InChI is InChI=1S/C19H18N4O2/c1-12-18-16(10-17(24)21-19(18)23-22-12)13-5-4-7-15(9-13)25-11-14-6-2-3-8-20-14/h2-9,16H,10-11H2,1H3,(H2,21,22,23,24).